The molecule has 4 nitrogen and oxygen atoms in total. The molecule has 1 aromatic rings. The molecule has 0 bridgehead atoms. The van der Waals surface area contributed by atoms with Gasteiger partial charge in [-0.25, -0.2) is 8.42 Å². The van der Waals surface area contributed by atoms with Crippen molar-refractivity contribution in [3.05, 3.63) is 17.6 Å². The number of sulfonamides is 1. The first-order valence-corrected chi connectivity index (χ1v) is 8.52. The number of aryl methyl sites for hydroxylation is 1. The molecule has 1 saturated heterocycles. The molecular weight excluding hydrogens is 286 g/mol. The zero-order valence-electron chi connectivity index (χ0n) is 11.5. The third-order valence-corrected chi connectivity index (χ3v) is 5.95. The molecule has 0 aromatic carbocycles. The van der Waals surface area contributed by atoms with Crippen LogP contribution in [0.15, 0.2) is 15.4 Å². The van der Waals surface area contributed by atoms with E-state index in [1.807, 2.05) is 0 Å². The third kappa shape index (κ3) is 2.69. The lowest BCUT2D eigenvalue weighted by molar-refractivity contribution is 0.315. The highest BCUT2D eigenvalue weighted by Crippen LogP contribution is 2.32. The fraction of sp³-hybridized carbons (Fsp3) is 0.692. The van der Waals surface area contributed by atoms with Crippen LogP contribution >= 0.6 is 11.6 Å². The zero-order valence-corrected chi connectivity index (χ0v) is 13.1. The van der Waals surface area contributed by atoms with Crippen LogP contribution in [-0.4, -0.2) is 25.3 Å². The minimum Gasteiger partial charge on any atom is -0.464 e. The summed E-state index contributed by atoms with van der Waals surface area (Å²) in [5.74, 6) is 1.42. The van der Waals surface area contributed by atoms with Crippen LogP contribution in [0.4, 0.5) is 0 Å². The van der Waals surface area contributed by atoms with E-state index >= 15 is 0 Å². The first-order chi connectivity index (χ1) is 8.87. The topological polar surface area (TPSA) is 50.5 Å². The van der Waals surface area contributed by atoms with Crippen molar-refractivity contribution in [1.82, 2.24) is 4.31 Å². The largest absolute Gasteiger partial charge is 0.464 e. The lowest BCUT2D eigenvalue weighted by Gasteiger charge is -2.26. The molecule has 6 heteroatoms. The SMILES string of the molecule is Cc1oc(CCl)cc1S(=O)(=O)N1CCCC1C(C)C. The number of hydrogen-bond donors (Lipinski definition) is 0. The van der Waals surface area contributed by atoms with Crippen LogP contribution in [0, 0.1) is 12.8 Å². The Morgan fingerprint density at radius 3 is 2.74 bits per heavy atom. The van der Waals surface area contributed by atoms with Crippen LogP contribution in [-0.2, 0) is 15.9 Å². The van der Waals surface area contributed by atoms with Crippen molar-refractivity contribution in [3.8, 4) is 0 Å². The van der Waals surface area contributed by atoms with Crippen LogP contribution in [0.3, 0.4) is 0 Å². The maximum absolute atomic E-state index is 12.7. The maximum Gasteiger partial charge on any atom is 0.246 e. The van der Waals surface area contributed by atoms with Crippen LogP contribution in [0.5, 0.6) is 0 Å². The van der Waals surface area contributed by atoms with Crippen molar-refractivity contribution >= 4 is 21.6 Å². The number of halogens is 1. The summed E-state index contributed by atoms with van der Waals surface area (Å²) < 4.78 is 32.4. The van der Waals surface area contributed by atoms with Gasteiger partial charge in [0.25, 0.3) is 0 Å². The van der Waals surface area contributed by atoms with Gasteiger partial charge in [0, 0.05) is 18.7 Å². The first kappa shape index (κ1) is 14.9. The summed E-state index contributed by atoms with van der Waals surface area (Å²) in [6, 6.07) is 1.63. The van der Waals surface area contributed by atoms with Gasteiger partial charge < -0.3 is 4.42 Å². The summed E-state index contributed by atoms with van der Waals surface area (Å²) in [4.78, 5) is 0.260. The van der Waals surface area contributed by atoms with Crippen LogP contribution < -0.4 is 0 Å². The Morgan fingerprint density at radius 2 is 2.21 bits per heavy atom. The summed E-state index contributed by atoms with van der Waals surface area (Å²) in [6.45, 7) is 6.38. The predicted octanol–water partition coefficient (Wildman–Crippen LogP) is 3.14. The van der Waals surface area contributed by atoms with E-state index in [9.17, 15) is 8.42 Å². The van der Waals surface area contributed by atoms with Gasteiger partial charge in [-0.15, -0.1) is 11.6 Å². The summed E-state index contributed by atoms with van der Waals surface area (Å²) >= 11 is 5.70. The van der Waals surface area contributed by atoms with E-state index in [2.05, 4.69) is 13.8 Å². The van der Waals surface area contributed by atoms with Crippen molar-refractivity contribution in [2.75, 3.05) is 6.54 Å². The van der Waals surface area contributed by atoms with Crippen molar-refractivity contribution in [3.63, 3.8) is 0 Å². The second-order valence-electron chi connectivity index (χ2n) is 5.34. The van der Waals surface area contributed by atoms with Gasteiger partial charge in [-0.2, -0.15) is 4.31 Å². The minimum atomic E-state index is -3.47. The second kappa shape index (κ2) is 5.46. The summed E-state index contributed by atoms with van der Waals surface area (Å²) in [5, 5.41) is 0. The van der Waals surface area contributed by atoms with Gasteiger partial charge in [0.1, 0.15) is 16.4 Å². The molecule has 1 fully saturated rings. The quantitative estimate of drug-likeness (QED) is 0.803. The van der Waals surface area contributed by atoms with Crippen molar-refractivity contribution in [1.29, 1.82) is 0 Å². The minimum absolute atomic E-state index is 0.0822. The van der Waals surface area contributed by atoms with Crippen molar-refractivity contribution in [2.24, 2.45) is 5.92 Å². The zero-order chi connectivity index (χ0) is 14.2. The Hall–Kier alpha value is -0.520. The molecule has 1 atom stereocenters. The predicted molar refractivity (Wildman–Crippen MR) is 74.8 cm³/mol. The van der Waals surface area contributed by atoms with Crippen LogP contribution in [0.25, 0.3) is 0 Å². The van der Waals surface area contributed by atoms with Crippen molar-refractivity contribution < 1.29 is 12.8 Å². The molecule has 2 rings (SSSR count). The highest BCUT2D eigenvalue weighted by atomic mass is 35.5. The molecule has 0 N–H and O–H groups in total. The van der Waals surface area contributed by atoms with E-state index in [0.29, 0.717) is 24.0 Å². The Kier molecular flexibility index (Phi) is 4.28. The number of rotatable bonds is 4. The molecule has 0 amide bonds. The van der Waals surface area contributed by atoms with E-state index in [-0.39, 0.29) is 16.8 Å². The number of nitrogens with zero attached hydrogens (tertiary/aromatic N) is 1. The molecule has 108 valence electrons. The Balaban J connectivity index is 2.39. The van der Waals surface area contributed by atoms with E-state index in [1.54, 1.807) is 17.3 Å². The van der Waals surface area contributed by atoms with Crippen molar-refractivity contribution in [2.45, 2.75) is 50.4 Å². The highest BCUT2D eigenvalue weighted by Gasteiger charge is 2.38. The Morgan fingerprint density at radius 1 is 1.53 bits per heavy atom. The Bertz CT molecular complexity index is 550. The average molecular weight is 306 g/mol. The van der Waals surface area contributed by atoms with Crippen LogP contribution in [0.2, 0.25) is 0 Å². The molecule has 1 aliphatic heterocycles. The van der Waals surface area contributed by atoms with Gasteiger partial charge in [-0.3, -0.25) is 0 Å². The second-order valence-corrected chi connectivity index (χ2v) is 7.46. The average Bonchev–Trinajstić information content (AvgIpc) is 2.94. The molecule has 0 spiro atoms. The molecule has 1 unspecified atom stereocenters. The molecule has 0 radical (unpaired) electrons. The molecule has 19 heavy (non-hydrogen) atoms. The standard InChI is InChI=1S/C13H20ClNO3S/c1-9(2)12-5-4-6-15(12)19(16,17)13-7-11(8-14)18-10(13)3/h7,9,12H,4-6,8H2,1-3H3. The summed E-state index contributed by atoms with van der Waals surface area (Å²) in [6.07, 6.45) is 1.84. The monoisotopic (exact) mass is 305 g/mol. The van der Waals surface area contributed by atoms with E-state index in [4.69, 9.17) is 16.0 Å². The van der Waals surface area contributed by atoms with E-state index in [0.717, 1.165) is 12.8 Å². The maximum atomic E-state index is 12.7. The van der Waals surface area contributed by atoms with E-state index < -0.39 is 10.0 Å². The fourth-order valence-corrected chi connectivity index (χ4v) is 4.85. The molecule has 0 aliphatic carbocycles. The summed E-state index contributed by atoms with van der Waals surface area (Å²) in [7, 11) is -3.47. The van der Waals surface area contributed by atoms with Gasteiger partial charge in [-0.05, 0) is 25.7 Å². The van der Waals surface area contributed by atoms with Gasteiger partial charge in [-0.1, -0.05) is 13.8 Å². The molecule has 1 aromatic heterocycles. The third-order valence-electron chi connectivity index (χ3n) is 3.66. The summed E-state index contributed by atoms with van der Waals surface area (Å²) in [5.41, 5.74) is 0. The van der Waals surface area contributed by atoms with E-state index in [1.165, 1.54) is 0 Å². The first-order valence-electron chi connectivity index (χ1n) is 6.55. The van der Waals surface area contributed by atoms with Gasteiger partial charge in [0.15, 0.2) is 0 Å². The normalized spacial score (nSPS) is 21.4. The smallest absolute Gasteiger partial charge is 0.246 e. The number of alkyl halides is 1. The lowest BCUT2D eigenvalue weighted by Crippen LogP contribution is -2.38. The fourth-order valence-electron chi connectivity index (χ4n) is 2.70. The number of hydrogen-bond acceptors (Lipinski definition) is 3. The van der Waals surface area contributed by atoms with Gasteiger partial charge >= 0.3 is 0 Å². The van der Waals surface area contributed by atoms with Crippen LogP contribution in [0.1, 0.15) is 38.2 Å². The molecular formula is C13H20ClNO3S. The molecule has 2 heterocycles. The Labute approximate surface area is 119 Å². The number of furan rings is 1. The molecule has 1 aliphatic rings. The molecule has 0 saturated carbocycles. The van der Waals surface area contributed by atoms with Gasteiger partial charge in [0.2, 0.25) is 10.0 Å². The lowest BCUT2D eigenvalue weighted by atomic mass is 10.0. The van der Waals surface area contributed by atoms with Gasteiger partial charge in [0.05, 0.1) is 5.88 Å². The highest BCUT2D eigenvalue weighted by molar-refractivity contribution is 7.89.